The smallest absolute Gasteiger partial charge is 0.416 e. The van der Waals surface area contributed by atoms with Crippen LogP contribution in [-0.4, -0.2) is 21.8 Å². The molecule has 0 aliphatic rings. The molecule has 0 saturated heterocycles. The van der Waals surface area contributed by atoms with E-state index in [0.717, 1.165) is 24.3 Å². The predicted octanol–water partition coefficient (Wildman–Crippen LogP) is 7.13. The summed E-state index contributed by atoms with van der Waals surface area (Å²) in [5.74, 6) is 0.106. The summed E-state index contributed by atoms with van der Waals surface area (Å²) < 4.78 is 137. The van der Waals surface area contributed by atoms with Crippen LogP contribution in [-0.2, 0) is 32.4 Å². The van der Waals surface area contributed by atoms with Crippen molar-refractivity contribution in [2.24, 2.45) is 0 Å². The number of hydrogen-bond donors (Lipinski definition) is 2. The van der Waals surface area contributed by atoms with Gasteiger partial charge >= 0.3 is 12.4 Å². The zero-order valence-corrected chi connectivity index (χ0v) is 22.9. The maximum absolute atomic E-state index is 12.8. The first-order valence-electron chi connectivity index (χ1n) is 11.9. The Hall–Kier alpha value is -4.57. The van der Waals surface area contributed by atoms with Gasteiger partial charge in [0.05, 0.1) is 26.6 Å². The molecule has 4 aromatic carbocycles. The number of anilines is 2. The lowest BCUT2D eigenvalue weighted by molar-refractivity contribution is -0.138. The Morgan fingerprint density at radius 2 is 1.02 bits per heavy atom. The van der Waals surface area contributed by atoms with Crippen molar-refractivity contribution in [3.05, 3.63) is 102 Å². The van der Waals surface area contributed by atoms with Gasteiger partial charge in [-0.25, -0.2) is 21.8 Å². The molecular formula is C27H17F6N3O5S2. The van der Waals surface area contributed by atoms with E-state index < -0.39 is 43.5 Å². The van der Waals surface area contributed by atoms with Crippen LogP contribution in [0.5, 0.6) is 0 Å². The van der Waals surface area contributed by atoms with Crippen LogP contribution in [0.25, 0.3) is 22.6 Å². The molecule has 5 rings (SSSR count). The molecule has 0 fully saturated rings. The van der Waals surface area contributed by atoms with E-state index in [4.69, 9.17) is 4.42 Å². The summed E-state index contributed by atoms with van der Waals surface area (Å²) in [4.78, 5) is 3.56. The third-order valence-corrected chi connectivity index (χ3v) is 8.80. The van der Waals surface area contributed by atoms with Crippen LogP contribution in [0.15, 0.2) is 105 Å². The van der Waals surface area contributed by atoms with Gasteiger partial charge in [-0.05, 0) is 91.0 Å². The van der Waals surface area contributed by atoms with E-state index in [1.807, 2.05) is 0 Å². The Bertz CT molecular complexity index is 2010. The molecule has 0 aliphatic carbocycles. The summed E-state index contributed by atoms with van der Waals surface area (Å²) in [6, 6.07) is 15.9. The van der Waals surface area contributed by atoms with E-state index in [1.165, 1.54) is 42.5 Å². The number of sulfonamides is 2. The van der Waals surface area contributed by atoms with Gasteiger partial charge in [-0.15, -0.1) is 0 Å². The van der Waals surface area contributed by atoms with Crippen molar-refractivity contribution in [3.63, 3.8) is 0 Å². The molecule has 0 radical (unpaired) electrons. The van der Waals surface area contributed by atoms with Gasteiger partial charge in [0.2, 0.25) is 5.89 Å². The summed E-state index contributed by atoms with van der Waals surface area (Å²) in [6.07, 6.45) is -9.23. The Morgan fingerprint density at radius 3 is 1.49 bits per heavy atom. The summed E-state index contributed by atoms with van der Waals surface area (Å²) in [5, 5.41) is 0. The van der Waals surface area contributed by atoms with Gasteiger partial charge in [-0.3, -0.25) is 9.44 Å². The standard InChI is InChI=1S/C27H17F6N3O5S2/c28-26(29,30)17-3-10-21(11-4-17)42(37,38)35-19-7-1-16(2-8-19)25-34-23-15-20(9-14-24(23)41-25)36-43(39,40)22-12-5-18(6-13-22)27(31,32)33/h1-15,35-36H. The van der Waals surface area contributed by atoms with Gasteiger partial charge in [-0.2, -0.15) is 26.3 Å². The summed E-state index contributed by atoms with van der Waals surface area (Å²) in [6.45, 7) is 0. The van der Waals surface area contributed by atoms with Crippen LogP contribution in [0, 0.1) is 0 Å². The molecule has 0 bridgehead atoms. The lowest BCUT2D eigenvalue weighted by Gasteiger charge is -2.10. The molecule has 0 spiro atoms. The zero-order chi connectivity index (χ0) is 31.2. The second-order valence-electron chi connectivity index (χ2n) is 9.03. The van der Waals surface area contributed by atoms with Crippen LogP contribution in [0.4, 0.5) is 37.7 Å². The number of halogens is 6. The Kier molecular flexibility index (Phi) is 7.38. The fourth-order valence-electron chi connectivity index (χ4n) is 3.87. The first kappa shape index (κ1) is 29.9. The minimum Gasteiger partial charge on any atom is -0.436 e. The quantitative estimate of drug-likeness (QED) is 0.183. The monoisotopic (exact) mass is 641 g/mol. The highest BCUT2D eigenvalue weighted by molar-refractivity contribution is 7.93. The van der Waals surface area contributed by atoms with E-state index in [2.05, 4.69) is 14.4 Å². The summed E-state index contributed by atoms with van der Waals surface area (Å²) in [5.41, 5.74) is -0.861. The van der Waals surface area contributed by atoms with Crippen molar-refractivity contribution in [2.45, 2.75) is 22.1 Å². The normalized spacial score (nSPS) is 12.8. The molecule has 0 saturated carbocycles. The Labute approximate surface area is 240 Å². The van der Waals surface area contributed by atoms with Crippen LogP contribution in [0.3, 0.4) is 0 Å². The van der Waals surface area contributed by atoms with Crippen molar-refractivity contribution in [3.8, 4) is 11.5 Å². The summed E-state index contributed by atoms with van der Waals surface area (Å²) >= 11 is 0. The number of alkyl halides is 6. The fraction of sp³-hybridized carbons (Fsp3) is 0.0741. The largest absolute Gasteiger partial charge is 0.436 e. The van der Waals surface area contributed by atoms with Crippen molar-refractivity contribution in [1.82, 2.24) is 4.98 Å². The number of oxazole rings is 1. The van der Waals surface area contributed by atoms with Crippen molar-refractivity contribution in [1.29, 1.82) is 0 Å². The molecule has 8 nitrogen and oxygen atoms in total. The van der Waals surface area contributed by atoms with E-state index >= 15 is 0 Å². The number of nitrogens with zero attached hydrogens (tertiary/aromatic N) is 1. The van der Waals surface area contributed by atoms with Crippen LogP contribution in [0.1, 0.15) is 11.1 Å². The molecule has 16 heteroatoms. The number of rotatable bonds is 7. The topological polar surface area (TPSA) is 118 Å². The van der Waals surface area contributed by atoms with Crippen LogP contribution < -0.4 is 9.44 Å². The maximum atomic E-state index is 12.8. The highest BCUT2D eigenvalue weighted by Gasteiger charge is 2.31. The molecule has 1 aromatic heterocycles. The average Bonchev–Trinajstić information content (AvgIpc) is 3.36. The van der Waals surface area contributed by atoms with Crippen molar-refractivity contribution in [2.75, 3.05) is 9.44 Å². The first-order chi connectivity index (χ1) is 20.0. The molecule has 43 heavy (non-hydrogen) atoms. The summed E-state index contributed by atoms with van der Waals surface area (Å²) in [7, 11) is -8.40. The Balaban J connectivity index is 1.31. The third kappa shape index (κ3) is 6.59. The molecule has 5 aromatic rings. The minimum absolute atomic E-state index is 0.0697. The molecule has 2 N–H and O–H groups in total. The van der Waals surface area contributed by atoms with E-state index in [1.54, 1.807) is 0 Å². The van der Waals surface area contributed by atoms with Crippen molar-refractivity contribution >= 4 is 42.5 Å². The van der Waals surface area contributed by atoms with Gasteiger partial charge in [0.25, 0.3) is 20.0 Å². The van der Waals surface area contributed by atoms with Gasteiger partial charge in [0.1, 0.15) is 5.52 Å². The fourth-order valence-corrected chi connectivity index (χ4v) is 5.98. The number of hydrogen-bond acceptors (Lipinski definition) is 6. The SMILES string of the molecule is O=S(=O)(Nc1ccc(-c2nc3cc(NS(=O)(=O)c4ccc(C(F)(F)F)cc4)ccc3o2)cc1)c1ccc(C(F)(F)F)cc1. The van der Waals surface area contributed by atoms with E-state index in [0.29, 0.717) is 29.8 Å². The van der Waals surface area contributed by atoms with E-state index in [-0.39, 0.29) is 38.2 Å². The number of fused-ring (bicyclic) bond motifs is 1. The first-order valence-corrected chi connectivity index (χ1v) is 14.9. The highest BCUT2D eigenvalue weighted by atomic mass is 32.2. The van der Waals surface area contributed by atoms with Gasteiger partial charge < -0.3 is 4.42 Å². The zero-order valence-electron chi connectivity index (χ0n) is 21.2. The lowest BCUT2D eigenvalue weighted by Crippen LogP contribution is -2.13. The number of benzene rings is 4. The second kappa shape index (κ2) is 10.6. The lowest BCUT2D eigenvalue weighted by atomic mass is 10.2. The molecule has 224 valence electrons. The molecule has 0 atom stereocenters. The second-order valence-corrected chi connectivity index (χ2v) is 12.4. The molecule has 0 amide bonds. The highest BCUT2D eigenvalue weighted by Crippen LogP contribution is 2.32. The van der Waals surface area contributed by atoms with Crippen LogP contribution in [0.2, 0.25) is 0 Å². The van der Waals surface area contributed by atoms with Crippen molar-refractivity contribution < 1.29 is 47.6 Å². The maximum Gasteiger partial charge on any atom is 0.416 e. The molecule has 0 aliphatic heterocycles. The molecule has 1 heterocycles. The van der Waals surface area contributed by atoms with E-state index in [9.17, 15) is 43.2 Å². The Morgan fingerprint density at radius 1 is 0.581 bits per heavy atom. The number of nitrogens with one attached hydrogen (secondary N) is 2. The predicted molar refractivity (Wildman–Crippen MR) is 144 cm³/mol. The number of aromatic nitrogens is 1. The average molecular weight is 642 g/mol. The third-order valence-electron chi connectivity index (χ3n) is 6.01. The van der Waals surface area contributed by atoms with Gasteiger partial charge in [-0.1, -0.05) is 0 Å². The molecule has 0 unspecified atom stereocenters. The van der Waals surface area contributed by atoms with Crippen LogP contribution >= 0.6 is 0 Å². The van der Waals surface area contributed by atoms with Gasteiger partial charge in [0.15, 0.2) is 5.58 Å². The minimum atomic E-state index is -4.62. The molecular weight excluding hydrogens is 624 g/mol. The van der Waals surface area contributed by atoms with Gasteiger partial charge in [0, 0.05) is 11.3 Å².